The highest BCUT2D eigenvalue weighted by Crippen LogP contribution is 2.11. The van der Waals surface area contributed by atoms with Crippen LogP contribution in [-0.4, -0.2) is 55.6 Å². The monoisotopic (exact) mass is 614 g/mol. The molecule has 11 heteroatoms. The van der Waals surface area contributed by atoms with Gasteiger partial charge in [-0.1, -0.05) is 53.9 Å². The van der Waals surface area contributed by atoms with Crippen molar-refractivity contribution in [1.82, 2.24) is 0 Å². The molecule has 27 heavy (non-hydrogen) atoms. The van der Waals surface area contributed by atoms with Gasteiger partial charge in [0.2, 0.25) is 9.81 Å². The van der Waals surface area contributed by atoms with Crippen LogP contribution in [0.2, 0.25) is 0 Å². The van der Waals surface area contributed by atoms with Crippen molar-refractivity contribution in [1.29, 1.82) is 0 Å². The Balaban J connectivity index is -0.000000351. The van der Waals surface area contributed by atoms with E-state index in [0.717, 1.165) is 17.2 Å². The van der Waals surface area contributed by atoms with Gasteiger partial charge in [-0.05, 0) is 57.5 Å². The van der Waals surface area contributed by atoms with Gasteiger partial charge in [0, 0.05) is 11.5 Å². The number of oxime groups is 2. The second-order valence-electron chi connectivity index (χ2n) is 5.17. The van der Waals surface area contributed by atoms with Gasteiger partial charge in [-0.3, -0.25) is 9.59 Å². The highest BCUT2D eigenvalue weighted by molar-refractivity contribution is 9.20. The van der Waals surface area contributed by atoms with Crippen LogP contribution < -0.4 is 0 Å². The Kier molecular flexibility index (Phi) is 27.0. The lowest BCUT2D eigenvalue weighted by Crippen LogP contribution is -2.06. The van der Waals surface area contributed by atoms with Crippen molar-refractivity contribution >= 4 is 93.4 Å². The molecule has 160 valence electrons. The van der Waals surface area contributed by atoms with Crippen LogP contribution in [0.4, 0.5) is 0 Å². The molecule has 0 N–H and O–H groups in total. The Morgan fingerprint density at radius 3 is 1.67 bits per heavy atom. The second-order valence-corrected chi connectivity index (χ2v) is 10.2. The Morgan fingerprint density at radius 2 is 1.37 bits per heavy atom. The van der Waals surface area contributed by atoms with Crippen molar-refractivity contribution in [2.24, 2.45) is 10.3 Å². The molecule has 0 aliphatic carbocycles. The standard InChI is InChI=1S/C8H14BrNO2S.C5H11NOS.C3H4Br2O/c1-6(2)10-12-4-5-13-8(11)7(3)9;1-5(2)6-7-3-4-8;1-2(4)3(5)6/h7H,4-5H2,1-3H3;8H,3-4H2,1-2H3;2H,1H3. The quantitative estimate of drug-likeness (QED) is 0.0930. The second kappa shape index (κ2) is 22.7. The average molecular weight is 617 g/mol. The van der Waals surface area contributed by atoms with Crippen LogP contribution in [0.3, 0.4) is 0 Å². The molecule has 0 spiro atoms. The van der Waals surface area contributed by atoms with E-state index in [1.807, 2.05) is 34.6 Å². The van der Waals surface area contributed by atoms with Crippen LogP contribution in [-0.2, 0) is 19.3 Å². The molecule has 0 aliphatic rings. The largest absolute Gasteiger partial charge is 0.395 e. The first-order valence-corrected chi connectivity index (χ1v) is 12.2. The molecule has 0 radical (unpaired) electrons. The molecule has 0 saturated carbocycles. The predicted octanol–water partition coefficient (Wildman–Crippen LogP) is 5.46. The Labute approximate surface area is 197 Å². The molecule has 0 fully saturated rings. The number of thiol groups is 1. The lowest BCUT2D eigenvalue weighted by Gasteiger charge is -2.01. The summed E-state index contributed by atoms with van der Waals surface area (Å²) in [5, 5.41) is 7.55. The van der Waals surface area contributed by atoms with Crippen molar-refractivity contribution in [3.05, 3.63) is 0 Å². The lowest BCUT2D eigenvalue weighted by molar-refractivity contribution is -0.110. The number of hydrogen-bond donors (Lipinski definition) is 1. The molecular weight excluding hydrogens is 588 g/mol. The average Bonchev–Trinajstić information content (AvgIpc) is 2.55. The third kappa shape index (κ3) is 34.3. The molecule has 0 saturated heterocycles. The molecule has 0 aromatic rings. The normalized spacial score (nSPS) is 11.3. The van der Waals surface area contributed by atoms with Crippen LogP contribution in [0.5, 0.6) is 0 Å². The van der Waals surface area contributed by atoms with Crippen LogP contribution in [0.25, 0.3) is 0 Å². The first kappa shape index (κ1) is 32.1. The molecule has 0 aromatic carbocycles. The van der Waals surface area contributed by atoms with Crippen molar-refractivity contribution in [3.8, 4) is 0 Å². The number of rotatable bonds is 9. The number of thioether (sulfide) groups is 1. The highest BCUT2D eigenvalue weighted by atomic mass is 79.9. The minimum Gasteiger partial charge on any atom is -0.395 e. The van der Waals surface area contributed by atoms with Crippen molar-refractivity contribution in [2.45, 2.75) is 51.2 Å². The predicted molar refractivity (Wildman–Crippen MR) is 132 cm³/mol. The van der Waals surface area contributed by atoms with Crippen LogP contribution in [0.15, 0.2) is 10.3 Å². The number of nitrogens with zero attached hydrogens (tertiary/aromatic N) is 2. The summed E-state index contributed by atoms with van der Waals surface area (Å²) in [6, 6.07) is 0. The van der Waals surface area contributed by atoms with Gasteiger partial charge < -0.3 is 9.68 Å². The molecular formula is C16H29Br3N2O4S2. The summed E-state index contributed by atoms with van der Waals surface area (Å²) in [7, 11) is 0. The van der Waals surface area contributed by atoms with E-state index >= 15 is 0 Å². The minimum atomic E-state index is -0.0890. The first-order valence-electron chi connectivity index (χ1n) is 7.96. The first-order chi connectivity index (χ1) is 12.4. The third-order valence-electron chi connectivity index (χ3n) is 1.73. The van der Waals surface area contributed by atoms with Gasteiger partial charge in [0.05, 0.1) is 21.1 Å². The summed E-state index contributed by atoms with van der Waals surface area (Å²) in [6.07, 6.45) is 0. The SMILES string of the molecule is CC(Br)C(=O)Br.CC(C)=NOCCS.CC(C)=NOCCSC(=O)C(C)Br. The van der Waals surface area contributed by atoms with Crippen LogP contribution in [0.1, 0.15) is 41.5 Å². The minimum absolute atomic E-state index is 0.0116. The van der Waals surface area contributed by atoms with Gasteiger partial charge in [-0.15, -0.1) is 0 Å². The Hall–Kier alpha value is 0.420. The molecule has 2 unspecified atom stereocenters. The summed E-state index contributed by atoms with van der Waals surface area (Å²) < 4.78 is -0.0116. The van der Waals surface area contributed by atoms with Gasteiger partial charge in [0.25, 0.3) is 0 Å². The fourth-order valence-electron chi connectivity index (χ4n) is 0.685. The number of carbonyl (C=O) groups is 2. The number of halogens is 3. The molecule has 0 aliphatic heterocycles. The van der Waals surface area contributed by atoms with E-state index in [-0.39, 0.29) is 19.5 Å². The van der Waals surface area contributed by atoms with E-state index in [9.17, 15) is 9.59 Å². The van der Waals surface area contributed by atoms with E-state index in [2.05, 4.69) is 70.7 Å². The fraction of sp³-hybridized carbons (Fsp3) is 0.750. The lowest BCUT2D eigenvalue weighted by atomic mass is 10.5. The molecule has 0 bridgehead atoms. The van der Waals surface area contributed by atoms with Crippen LogP contribution in [0, 0.1) is 0 Å². The number of carbonyl (C=O) groups excluding carboxylic acids is 2. The summed E-state index contributed by atoms with van der Waals surface area (Å²) in [5.74, 6) is 1.36. The van der Waals surface area contributed by atoms with E-state index in [0.29, 0.717) is 19.0 Å². The molecule has 0 amide bonds. The molecule has 6 nitrogen and oxygen atoms in total. The van der Waals surface area contributed by atoms with Gasteiger partial charge in [-0.25, -0.2) is 0 Å². The maximum atomic E-state index is 11.1. The molecule has 0 aromatic heterocycles. The number of hydrogen-bond acceptors (Lipinski definition) is 8. The van der Waals surface area contributed by atoms with Gasteiger partial charge in [0.15, 0.2) is 0 Å². The van der Waals surface area contributed by atoms with Gasteiger partial charge >= 0.3 is 0 Å². The smallest absolute Gasteiger partial charge is 0.211 e. The molecule has 2 atom stereocenters. The Morgan fingerprint density at radius 1 is 0.963 bits per heavy atom. The van der Waals surface area contributed by atoms with E-state index in [1.165, 1.54) is 11.8 Å². The van der Waals surface area contributed by atoms with Crippen molar-refractivity contribution < 1.29 is 19.3 Å². The highest BCUT2D eigenvalue weighted by Gasteiger charge is 2.08. The van der Waals surface area contributed by atoms with E-state index < -0.39 is 0 Å². The van der Waals surface area contributed by atoms with Gasteiger partial charge in [0.1, 0.15) is 13.2 Å². The topological polar surface area (TPSA) is 77.3 Å². The fourth-order valence-corrected chi connectivity index (χ4v) is 1.75. The van der Waals surface area contributed by atoms with Crippen molar-refractivity contribution in [3.63, 3.8) is 0 Å². The molecule has 0 rings (SSSR count). The third-order valence-corrected chi connectivity index (χ3v) is 5.36. The summed E-state index contributed by atoms with van der Waals surface area (Å²) in [5.41, 5.74) is 1.82. The zero-order valence-electron chi connectivity index (χ0n) is 16.5. The Bertz CT molecular complexity index is 455. The van der Waals surface area contributed by atoms with E-state index in [1.54, 1.807) is 6.92 Å². The summed E-state index contributed by atoms with van der Waals surface area (Å²) >= 11 is 14.2. The maximum absolute atomic E-state index is 11.1. The van der Waals surface area contributed by atoms with Gasteiger partial charge in [-0.2, -0.15) is 12.6 Å². The zero-order valence-corrected chi connectivity index (χ0v) is 23.0. The number of alkyl halides is 2. The maximum Gasteiger partial charge on any atom is 0.211 e. The summed E-state index contributed by atoms with van der Waals surface area (Å²) in [6.45, 7) is 12.1. The summed E-state index contributed by atoms with van der Waals surface area (Å²) in [4.78, 5) is 30.6. The van der Waals surface area contributed by atoms with Crippen LogP contribution >= 0.6 is 72.2 Å². The van der Waals surface area contributed by atoms with E-state index in [4.69, 9.17) is 9.68 Å². The molecule has 0 heterocycles. The zero-order chi connectivity index (χ0) is 21.8. The van der Waals surface area contributed by atoms with Crippen molar-refractivity contribution in [2.75, 3.05) is 24.7 Å².